The third-order valence-electron chi connectivity index (χ3n) is 2.29. The molecule has 1 saturated heterocycles. The van der Waals surface area contributed by atoms with Crippen LogP contribution in [0.5, 0.6) is 0 Å². The second kappa shape index (κ2) is 2.34. The van der Waals surface area contributed by atoms with Crippen LogP contribution in [0.15, 0.2) is 12.4 Å². The van der Waals surface area contributed by atoms with Gasteiger partial charge in [-0.3, -0.25) is 0 Å². The Labute approximate surface area is 66.6 Å². The van der Waals surface area contributed by atoms with Gasteiger partial charge < -0.3 is 9.47 Å². The van der Waals surface area contributed by atoms with E-state index in [9.17, 15) is 0 Å². The highest BCUT2D eigenvalue weighted by atomic mass is 15.2. The van der Waals surface area contributed by atoms with E-state index in [2.05, 4.69) is 28.5 Å². The van der Waals surface area contributed by atoms with Gasteiger partial charge in [0.15, 0.2) is 0 Å². The summed E-state index contributed by atoms with van der Waals surface area (Å²) < 4.78 is 2.11. The van der Waals surface area contributed by atoms with Crippen molar-refractivity contribution >= 4 is 0 Å². The van der Waals surface area contributed by atoms with Gasteiger partial charge in [0.2, 0.25) is 0 Å². The molecule has 0 saturated carbocycles. The molecule has 1 fully saturated rings. The van der Waals surface area contributed by atoms with Gasteiger partial charge in [-0.1, -0.05) is 0 Å². The number of hydrogen-bond donors (Lipinski definition) is 0. The molecule has 1 aliphatic rings. The van der Waals surface area contributed by atoms with Crippen molar-refractivity contribution in [1.29, 1.82) is 0 Å². The molecule has 11 heavy (non-hydrogen) atoms. The van der Waals surface area contributed by atoms with Crippen LogP contribution in [0.3, 0.4) is 0 Å². The van der Waals surface area contributed by atoms with Crippen molar-refractivity contribution in [2.24, 2.45) is 7.05 Å². The number of aromatic nitrogens is 2. The van der Waals surface area contributed by atoms with Crippen LogP contribution in [0.4, 0.5) is 0 Å². The van der Waals surface area contributed by atoms with Gasteiger partial charge in [0.25, 0.3) is 0 Å². The molecule has 0 N–H and O–H groups in total. The van der Waals surface area contributed by atoms with Crippen molar-refractivity contribution < 1.29 is 0 Å². The minimum Gasteiger partial charge on any atom is -0.338 e. The van der Waals surface area contributed by atoms with Gasteiger partial charge >= 0.3 is 0 Å². The lowest BCUT2D eigenvalue weighted by atomic mass is 10.0. The maximum Gasteiger partial charge on any atom is 0.114 e. The highest BCUT2D eigenvalue weighted by Gasteiger charge is 2.27. The van der Waals surface area contributed by atoms with Crippen molar-refractivity contribution in [1.82, 2.24) is 14.5 Å². The Balaban J connectivity index is 2.12. The number of imidazole rings is 1. The quantitative estimate of drug-likeness (QED) is 0.581. The van der Waals surface area contributed by atoms with E-state index in [4.69, 9.17) is 0 Å². The minimum atomic E-state index is 0.667. The molecule has 3 heteroatoms. The molecule has 1 aromatic heterocycles. The molecule has 0 aliphatic carbocycles. The fourth-order valence-corrected chi connectivity index (χ4v) is 1.63. The Bertz CT molecular complexity index is 248. The molecule has 60 valence electrons. The van der Waals surface area contributed by atoms with Gasteiger partial charge in [-0.25, -0.2) is 4.98 Å². The number of likely N-dealkylation sites (tertiary alicyclic amines) is 1. The van der Waals surface area contributed by atoms with Crippen molar-refractivity contribution in [2.75, 3.05) is 20.1 Å². The first-order valence-electron chi connectivity index (χ1n) is 3.93. The van der Waals surface area contributed by atoms with Gasteiger partial charge in [-0.2, -0.15) is 0 Å². The Morgan fingerprint density at radius 3 is 2.64 bits per heavy atom. The standard InChI is InChI=1S/C8H13N3/c1-10-5-7(6-10)8-9-3-4-11(8)2/h3-4,7H,5-6H2,1-2H3. The third kappa shape index (κ3) is 1.05. The SMILES string of the molecule is CN1CC(c2nccn2C)C1. The van der Waals surface area contributed by atoms with Crippen molar-refractivity contribution in [3.63, 3.8) is 0 Å². The first kappa shape index (κ1) is 6.85. The van der Waals surface area contributed by atoms with E-state index in [1.54, 1.807) is 0 Å². The smallest absolute Gasteiger partial charge is 0.114 e. The van der Waals surface area contributed by atoms with Crippen LogP contribution in [0.25, 0.3) is 0 Å². The molecule has 3 nitrogen and oxygen atoms in total. The molecule has 1 aliphatic heterocycles. The first-order valence-corrected chi connectivity index (χ1v) is 3.93. The maximum absolute atomic E-state index is 4.31. The highest BCUT2D eigenvalue weighted by Crippen LogP contribution is 2.22. The third-order valence-corrected chi connectivity index (χ3v) is 2.29. The summed E-state index contributed by atoms with van der Waals surface area (Å²) in [5.74, 6) is 1.89. The molecule has 0 atom stereocenters. The molecular weight excluding hydrogens is 138 g/mol. The summed E-state index contributed by atoms with van der Waals surface area (Å²) in [6.07, 6.45) is 3.88. The minimum absolute atomic E-state index is 0.667. The Morgan fingerprint density at radius 1 is 1.45 bits per heavy atom. The Kier molecular flexibility index (Phi) is 1.46. The van der Waals surface area contributed by atoms with Crippen molar-refractivity contribution in [2.45, 2.75) is 5.92 Å². The van der Waals surface area contributed by atoms with E-state index in [-0.39, 0.29) is 0 Å². The number of hydrogen-bond acceptors (Lipinski definition) is 2. The highest BCUT2D eigenvalue weighted by molar-refractivity contribution is 5.06. The summed E-state index contributed by atoms with van der Waals surface area (Å²) in [6.45, 7) is 2.32. The first-order chi connectivity index (χ1) is 5.27. The molecule has 2 heterocycles. The predicted molar refractivity (Wildman–Crippen MR) is 43.4 cm³/mol. The summed E-state index contributed by atoms with van der Waals surface area (Å²) in [4.78, 5) is 6.61. The molecule has 2 rings (SSSR count). The van der Waals surface area contributed by atoms with Gasteiger partial charge in [-0.15, -0.1) is 0 Å². The monoisotopic (exact) mass is 151 g/mol. The van der Waals surface area contributed by atoms with E-state index in [1.165, 1.54) is 5.82 Å². The van der Waals surface area contributed by atoms with Gasteiger partial charge in [0.05, 0.1) is 0 Å². The average Bonchev–Trinajstić information content (AvgIpc) is 2.29. The molecule has 0 spiro atoms. The fourth-order valence-electron chi connectivity index (χ4n) is 1.63. The lowest BCUT2D eigenvalue weighted by molar-refractivity contribution is 0.181. The molecule has 0 aromatic carbocycles. The molecule has 0 bridgehead atoms. The summed E-state index contributed by atoms with van der Waals surface area (Å²) >= 11 is 0. The lowest BCUT2D eigenvalue weighted by Gasteiger charge is -2.35. The Morgan fingerprint density at radius 2 is 2.18 bits per heavy atom. The van der Waals surface area contributed by atoms with Crippen LogP contribution in [-0.2, 0) is 7.05 Å². The van der Waals surface area contributed by atoms with Crippen LogP contribution >= 0.6 is 0 Å². The zero-order valence-corrected chi connectivity index (χ0v) is 6.99. The molecule has 1 aromatic rings. The van der Waals surface area contributed by atoms with Crippen LogP contribution in [0.2, 0.25) is 0 Å². The predicted octanol–water partition coefficient (Wildman–Crippen LogP) is 0.449. The van der Waals surface area contributed by atoms with E-state index in [0.717, 1.165) is 13.1 Å². The van der Waals surface area contributed by atoms with E-state index >= 15 is 0 Å². The van der Waals surface area contributed by atoms with Gasteiger partial charge in [0, 0.05) is 38.4 Å². The van der Waals surface area contributed by atoms with Gasteiger partial charge in [-0.05, 0) is 7.05 Å². The zero-order chi connectivity index (χ0) is 7.84. The summed E-state index contributed by atoms with van der Waals surface area (Å²) in [5, 5.41) is 0. The van der Waals surface area contributed by atoms with Crippen LogP contribution in [0, 0.1) is 0 Å². The molecular formula is C8H13N3. The lowest BCUT2D eigenvalue weighted by Crippen LogP contribution is -2.42. The normalized spacial score (nSPS) is 20.2. The Hall–Kier alpha value is -0.830. The molecule has 0 unspecified atom stereocenters. The van der Waals surface area contributed by atoms with E-state index < -0.39 is 0 Å². The van der Waals surface area contributed by atoms with Gasteiger partial charge in [0.1, 0.15) is 5.82 Å². The van der Waals surface area contributed by atoms with E-state index in [0.29, 0.717) is 5.92 Å². The fraction of sp³-hybridized carbons (Fsp3) is 0.625. The second-order valence-corrected chi connectivity index (χ2v) is 3.31. The summed E-state index contributed by atoms with van der Waals surface area (Å²) in [7, 11) is 4.19. The maximum atomic E-state index is 4.31. The second-order valence-electron chi connectivity index (χ2n) is 3.31. The summed E-state index contributed by atoms with van der Waals surface area (Å²) in [6, 6.07) is 0. The average molecular weight is 151 g/mol. The van der Waals surface area contributed by atoms with Crippen LogP contribution < -0.4 is 0 Å². The summed E-state index contributed by atoms with van der Waals surface area (Å²) in [5.41, 5.74) is 0. The molecule has 0 radical (unpaired) electrons. The van der Waals surface area contributed by atoms with Crippen LogP contribution in [-0.4, -0.2) is 34.6 Å². The number of aryl methyl sites for hydroxylation is 1. The zero-order valence-electron chi connectivity index (χ0n) is 6.99. The largest absolute Gasteiger partial charge is 0.338 e. The van der Waals surface area contributed by atoms with Crippen LogP contribution in [0.1, 0.15) is 11.7 Å². The van der Waals surface area contributed by atoms with Crippen molar-refractivity contribution in [3.05, 3.63) is 18.2 Å². The number of likely N-dealkylation sites (N-methyl/N-ethyl adjacent to an activating group) is 1. The van der Waals surface area contributed by atoms with E-state index in [1.807, 2.05) is 12.4 Å². The van der Waals surface area contributed by atoms with Crippen molar-refractivity contribution in [3.8, 4) is 0 Å². The number of rotatable bonds is 1. The molecule has 0 amide bonds. The number of nitrogens with zero attached hydrogens (tertiary/aromatic N) is 3. The topological polar surface area (TPSA) is 21.1 Å².